The number of nitrogens with zero attached hydrogens (tertiary/aromatic N) is 1. The number of benzene rings is 5. The fraction of sp³-hybridized carbons (Fsp3) is 0.167. The second-order valence-electron chi connectivity index (χ2n) is 11.4. The van der Waals surface area contributed by atoms with Crippen LogP contribution in [-0.4, -0.2) is 0 Å². The molecule has 0 radical (unpaired) electrons. The quantitative estimate of drug-likeness (QED) is 0.244. The van der Waals surface area contributed by atoms with E-state index in [1.807, 2.05) is 6.07 Å². The average Bonchev–Trinajstić information content (AvgIpc) is 3.32. The number of hydrogen-bond donors (Lipinski definition) is 0. The number of rotatable bonds is 3. The second-order valence-corrected chi connectivity index (χ2v) is 11.4. The number of fused-ring (bicyclic) bond motifs is 7. The minimum Gasteiger partial charge on any atom is -0.455 e. The summed E-state index contributed by atoms with van der Waals surface area (Å²) < 4.78 is 6.58. The van der Waals surface area contributed by atoms with Gasteiger partial charge in [0.25, 0.3) is 0 Å². The van der Waals surface area contributed by atoms with Gasteiger partial charge in [-0.3, -0.25) is 0 Å². The van der Waals surface area contributed by atoms with Gasteiger partial charge >= 0.3 is 0 Å². The number of hydrogen-bond acceptors (Lipinski definition) is 2. The van der Waals surface area contributed by atoms with E-state index in [0.717, 1.165) is 28.2 Å². The summed E-state index contributed by atoms with van der Waals surface area (Å²) in [6.07, 6.45) is 0. The lowest BCUT2D eigenvalue weighted by atomic mass is 9.55. The van der Waals surface area contributed by atoms with Crippen molar-refractivity contribution in [2.75, 3.05) is 4.90 Å². The van der Waals surface area contributed by atoms with Crippen molar-refractivity contribution in [1.82, 2.24) is 0 Å². The van der Waals surface area contributed by atoms with Gasteiger partial charge in [0.1, 0.15) is 11.2 Å². The largest absolute Gasteiger partial charge is 0.455 e. The zero-order chi connectivity index (χ0) is 26.1. The van der Waals surface area contributed by atoms with Gasteiger partial charge in [-0.1, -0.05) is 100 Å². The highest BCUT2D eigenvalue weighted by molar-refractivity contribution is 6.11. The Morgan fingerprint density at radius 1 is 0.526 bits per heavy atom. The van der Waals surface area contributed by atoms with Crippen molar-refractivity contribution >= 4 is 39.0 Å². The van der Waals surface area contributed by atoms with Crippen LogP contribution in [-0.2, 0) is 10.8 Å². The minimum atomic E-state index is -0.107. The van der Waals surface area contributed by atoms with Crippen molar-refractivity contribution in [3.05, 3.63) is 126 Å². The molecule has 2 heteroatoms. The fourth-order valence-corrected chi connectivity index (χ4v) is 6.26. The zero-order valence-corrected chi connectivity index (χ0v) is 22.3. The van der Waals surface area contributed by atoms with Crippen LogP contribution in [0.25, 0.3) is 33.1 Å². The van der Waals surface area contributed by atoms with Gasteiger partial charge in [0, 0.05) is 33.4 Å². The summed E-state index contributed by atoms with van der Waals surface area (Å²) in [6.45, 7) is 9.53. The van der Waals surface area contributed by atoms with Crippen LogP contribution < -0.4 is 4.90 Å². The second kappa shape index (κ2) is 8.10. The Morgan fingerprint density at radius 3 is 1.82 bits per heavy atom. The van der Waals surface area contributed by atoms with E-state index in [9.17, 15) is 0 Å². The topological polar surface area (TPSA) is 16.4 Å². The maximum atomic E-state index is 6.58. The Bertz CT molecular complexity index is 1770. The maximum absolute atomic E-state index is 6.58. The highest BCUT2D eigenvalue weighted by Gasteiger charge is 2.47. The van der Waals surface area contributed by atoms with Gasteiger partial charge < -0.3 is 9.32 Å². The first-order valence-corrected chi connectivity index (χ1v) is 13.4. The molecule has 0 unspecified atom stereocenters. The lowest BCUT2D eigenvalue weighted by Gasteiger charge is -2.48. The van der Waals surface area contributed by atoms with E-state index >= 15 is 0 Å². The maximum Gasteiger partial charge on any atom is 0.143 e. The lowest BCUT2D eigenvalue weighted by Crippen LogP contribution is -2.43. The van der Waals surface area contributed by atoms with E-state index in [2.05, 4.69) is 142 Å². The van der Waals surface area contributed by atoms with E-state index in [-0.39, 0.29) is 10.8 Å². The first kappa shape index (κ1) is 22.9. The zero-order valence-electron chi connectivity index (χ0n) is 22.3. The van der Waals surface area contributed by atoms with E-state index in [1.54, 1.807) is 0 Å². The Balaban J connectivity index is 1.52. The van der Waals surface area contributed by atoms with Crippen molar-refractivity contribution in [1.29, 1.82) is 0 Å². The molecule has 38 heavy (non-hydrogen) atoms. The van der Waals surface area contributed by atoms with Gasteiger partial charge in [0.05, 0.1) is 0 Å². The predicted molar refractivity (Wildman–Crippen MR) is 160 cm³/mol. The standard InChI is InChI=1S/C36H31NO/c1-35(2)30-22-21-28-27-17-11-12-18-32(27)38-34(28)33(30)29-20-19-26(23-31(29)36(35,3)4)37(24-13-7-5-8-14-24)25-15-9-6-10-16-25/h5-23H,1-4H3. The molecule has 0 amide bonds. The molecule has 0 bridgehead atoms. The van der Waals surface area contributed by atoms with Crippen LogP contribution in [0.15, 0.2) is 120 Å². The Labute approximate surface area is 224 Å². The molecule has 186 valence electrons. The molecule has 1 heterocycles. The molecule has 6 aromatic rings. The normalized spacial score (nSPS) is 15.3. The third-order valence-electron chi connectivity index (χ3n) is 9.02. The van der Waals surface area contributed by atoms with Crippen LogP contribution in [0.3, 0.4) is 0 Å². The first-order chi connectivity index (χ1) is 18.4. The van der Waals surface area contributed by atoms with E-state index in [1.165, 1.54) is 33.0 Å². The predicted octanol–water partition coefficient (Wildman–Crippen LogP) is 10.3. The minimum absolute atomic E-state index is 0.106. The summed E-state index contributed by atoms with van der Waals surface area (Å²) in [5.41, 5.74) is 10.3. The van der Waals surface area contributed by atoms with Gasteiger partial charge in [-0.25, -0.2) is 0 Å². The summed E-state index contributed by atoms with van der Waals surface area (Å²) in [6, 6.07) is 41.2. The Kier molecular flexibility index (Phi) is 4.87. The lowest BCUT2D eigenvalue weighted by molar-refractivity contribution is 0.299. The summed E-state index contributed by atoms with van der Waals surface area (Å²) >= 11 is 0. The Morgan fingerprint density at radius 2 is 1.13 bits per heavy atom. The van der Waals surface area contributed by atoms with Crippen molar-refractivity contribution in [2.45, 2.75) is 38.5 Å². The monoisotopic (exact) mass is 493 g/mol. The summed E-state index contributed by atoms with van der Waals surface area (Å²) in [7, 11) is 0. The van der Waals surface area contributed by atoms with E-state index in [4.69, 9.17) is 4.42 Å². The van der Waals surface area contributed by atoms with Crippen LogP contribution in [0, 0.1) is 0 Å². The molecule has 2 nitrogen and oxygen atoms in total. The van der Waals surface area contributed by atoms with Gasteiger partial charge in [-0.05, 0) is 70.0 Å². The molecule has 0 atom stereocenters. The Hall–Kier alpha value is -4.30. The van der Waals surface area contributed by atoms with Gasteiger partial charge in [0.15, 0.2) is 0 Å². The molecule has 0 fully saturated rings. The smallest absolute Gasteiger partial charge is 0.143 e. The molecular formula is C36H31NO. The summed E-state index contributed by atoms with van der Waals surface area (Å²) in [4.78, 5) is 2.35. The summed E-state index contributed by atoms with van der Waals surface area (Å²) in [5.74, 6) is 0. The van der Waals surface area contributed by atoms with Gasteiger partial charge in [0.2, 0.25) is 0 Å². The third kappa shape index (κ3) is 3.13. The van der Waals surface area contributed by atoms with Crippen LogP contribution in [0.1, 0.15) is 38.8 Å². The average molecular weight is 494 g/mol. The molecule has 0 N–H and O–H groups in total. The van der Waals surface area contributed by atoms with Crippen LogP contribution in [0.4, 0.5) is 17.1 Å². The van der Waals surface area contributed by atoms with Gasteiger partial charge in [-0.2, -0.15) is 0 Å². The molecule has 1 aliphatic rings. The number of anilines is 3. The molecule has 1 aromatic heterocycles. The van der Waals surface area contributed by atoms with Crippen molar-refractivity contribution < 1.29 is 4.42 Å². The highest BCUT2D eigenvalue weighted by atomic mass is 16.3. The fourth-order valence-electron chi connectivity index (χ4n) is 6.26. The molecule has 0 saturated carbocycles. The van der Waals surface area contributed by atoms with Crippen molar-refractivity contribution in [3.63, 3.8) is 0 Å². The SMILES string of the molecule is CC1(C)c2cc(N(c3ccccc3)c3ccccc3)ccc2-c2c(ccc3c2oc2ccccc23)C1(C)C. The molecular weight excluding hydrogens is 462 g/mol. The van der Waals surface area contributed by atoms with Crippen molar-refractivity contribution in [3.8, 4) is 11.1 Å². The van der Waals surface area contributed by atoms with Crippen LogP contribution >= 0.6 is 0 Å². The van der Waals surface area contributed by atoms with Crippen LogP contribution in [0.5, 0.6) is 0 Å². The summed E-state index contributed by atoms with van der Waals surface area (Å²) in [5, 5.41) is 2.35. The number of para-hydroxylation sites is 3. The molecule has 0 saturated heterocycles. The van der Waals surface area contributed by atoms with Gasteiger partial charge in [-0.15, -0.1) is 0 Å². The van der Waals surface area contributed by atoms with Crippen LogP contribution in [0.2, 0.25) is 0 Å². The molecule has 1 aliphatic carbocycles. The number of furan rings is 1. The highest BCUT2D eigenvalue weighted by Crippen LogP contribution is 2.57. The van der Waals surface area contributed by atoms with Crippen molar-refractivity contribution in [2.24, 2.45) is 0 Å². The van der Waals surface area contributed by atoms with E-state index < -0.39 is 0 Å². The third-order valence-corrected chi connectivity index (χ3v) is 9.02. The molecule has 0 aliphatic heterocycles. The van der Waals surface area contributed by atoms with E-state index in [0.29, 0.717) is 0 Å². The molecule has 5 aromatic carbocycles. The molecule has 7 rings (SSSR count). The first-order valence-electron chi connectivity index (χ1n) is 13.4. The molecule has 0 spiro atoms.